The van der Waals surface area contributed by atoms with Crippen LogP contribution in [0.15, 0.2) is 24.7 Å². The van der Waals surface area contributed by atoms with Crippen LogP contribution in [0, 0.1) is 0 Å². The molecule has 0 atom stereocenters. The molecule has 0 aliphatic rings. The van der Waals surface area contributed by atoms with Crippen molar-refractivity contribution in [3.05, 3.63) is 41.1 Å². The summed E-state index contributed by atoms with van der Waals surface area (Å²) < 4.78 is 1.70. The van der Waals surface area contributed by atoms with E-state index in [1.807, 2.05) is 6.92 Å². The zero-order valence-electron chi connectivity index (χ0n) is 11.2. The van der Waals surface area contributed by atoms with Gasteiger partial charge in [-0.05, 0) is 12.5 Å². The first-order valence-electron chi connectivity index (χ1n) is 6.24. The van der Waals surface area contributed by atoms with E-state index in [0.29, 0.717) is 17.3 Å². The van der Waals surface area contributed by atoms with E-state index in [-0.39, 0.29) is 11.5 Å². The molecule has 1 amide bonds. The molecule has 8 heteroatoms. The lowest BCUT2D eigenvalue weighted by molar-refractivity contribution is 0.0691. The second kappa shape index (κ2) is 6.36. The van der Waals surface area contributed by atoms with Gasteiger partial charge in [0, 0.05) is 25.1 Å². The molecule has 0 saturated carbocycles. The molecule has 0 unspecified atom stereocenters. The SMILES string of the molecule is CCCn1cc(Cl)cc1C(=O)Nc1nccnc1C(=O)O. The van der Waals surface area contributed by atoms with Crippen LogP contribution in [0.5, 0.6) is 0 Å². The molecule has 0 aliphatic carbocycles. The quantitative estimate of drug-likeness (QED) is 0.883. The number of aryl methyl sites for hydroxylation is 1. The van der Waals surface area contributed by atoms with Gasteiger partial charge in [-0.15, -0.1) is 0 Å². The number of carbonyl (C=O) groups excluding carboxylic acids is 1. The van der Waals surface area contributed by atoms with Crippen molar-refractivity contribution >= 4 is 29.3 Å². The van der Waals surface area contributed by atoms with Gasteiger partial charge in [0.1, 0.15) is 5.69 Å². The number of halogens is 1. The molecular weight excluding hydrogens is 296 g/mol. The Bertz CT molecular complexity index is 684. The minimum Gasteiger partial charge on any atom is -0.476 e. The summed E-state index contributed by atoms with van der Waals surface area (Å²) in [6, 6.07) is 1.52. The highest BCUT2D eigenvalue weighted by Crippen LogP contribution is 2.17. The molecule has 21 heavy (non-hydrogen) atoms. The number of carbonyl (C=O) groups is 2. The number of hydrogen-bond acceptors (Lipinski definition) is 4. The van der Waals surface area contributed by atoms with Gasteiger partial charge in [-0.25, -0.2) is 14.8 Å². The highest BCUT2D eigenvalue weighted by atomic mass is 35.5. The number of nitrogens with zero attached hydrogens (tertiary/aromatic N) is 3. The van der Waals surface area contributed by atoms with Gasteiger partial charge in [0.2, 0.25) is 0 Å². The summed E-state index contributed by atoms with van der Waals surface area (Å²) in [6.07, 6.45) is 5.03. The number of carboxylic acids is 1. The number of aromatic carboxylic acids is 1. The van der Waals surface area contributed by atoms with E-state index in [9.17, 15) is 9.59 Å². The molecule has 2 aromatic heterocycles. The number of rotatable bonds is 5. The molecule has 2 aromatic rings. The lowest BCUT2D eigenvalue weighted by Gasteiger charge is -2.09. The van der Waals surface area contributed by atoms with Crippen LogP contribution in [0.25, 0.3) is 0 Å². The second-order valence-corrected chi connectivity index (χ2v) is 4.69. The number of anilines is 1. The van der Waals surface area contributed by atoms with Gasteiger partial charge >= 0.3 is 5.97 Å². The zero-order valence-corrected chi connectivity index (χ0v) is 12.0. The molecule has 7 nitrogen and oxygen atoms in total. The van der Waals surface area contributed by atoms with Gasteiger partial charge in [-0.3, -0.25) is 4.79 Å². The maximum absolute atomic E-state index is 12.2. The lowest BCUT2D eigenvalue weighted by atomic mass is 10.3. The number of aromatic nitrogens is 3. The Morgan fingerprint density at radius 1 is 1.38 bits per heavy atom. The van der Waals surface area contributed by atoms with Crippen molar-refractivity contribution in [1.82, 2.24) is 14.5 Å². The average Bonchev–Trinajstić information content (AvgIpc) is 2.80. The van der Waals surface area contributed by atoms with E-state index in [1.165, 1.54) is 18.5 Å². The summed E-state index contributed by atoms with van der Waals surface area (Å²) >= 11 is 5.91. The summed E-state index contributed by atoms with van der Waals surface area (Å²) in [6.45, 7) is 2.60. The first-order chi connectivity index (χ1) is 10.0. The van der Waals surface area contributed by atoms with Crippen molar-refractivity contribution in [3.63, 3.8) is 0 Å². The topological polar surface area (TPSA) is 97.1 Å². The van der Waals surface area contributed by atoms with Gasteiger partial charge in [0.25, 0.3) is 5.91 Å². The minimum absolute atomic E-state index is 0.102. The molecule has 0 radical (unpaired) electrons. The Morgan fingerprint density at radius 3 is 2.76 bits per heavy atom. The first kappa shape index (κ1) is 15.0. The van der Waals surface area contributed by atoms with Crippen LogP contribution in [0.2, 0.25) is 5.02 Å². The van der Waals surface area contributed by atoms with Crippen LogP contribution in [0.3, 0.4) is 0 Å². The molecule has 0 saturated heterocycles. The number of nitrogens with one attached hydrogen (secondary N) is 1. The number of amides is 1. The third-order valence-corrected chi connectivity index (χ3v) is 2.90. The monoisotopic (exact) mass is 308 g/mol. The van der Waals surface area contributed by atoms with Crippen LogP contribution < -0.4 is 5.32 Å². The van der Waals surface area contributed by atoms with Gasteiger partial charge in [-0.1, -0.05) is 18.5 Å². The Morgan fingerprint density at radius 2 is 2.10 bits per heavy atom. The molecular formula is C13H13ClN4O3. The van der Waals surface area contributed by atoms with E-state index in [4.69, 9.17) is 16.7 Å². The number of carboxylic acid groups (broad SMARTS) is 1. The Balaban J connectivity index is 2.28. The lowest BCUT2D eigenvalue weighted by Crippen LogP contribution is -2.20. The molecule has 2 N–H and O–H groups in total. The Labute approximate surface area is 125 Å². The Hall–Kier alpha value is -2.41. The van der Waals surface area contributed by atoms with Crippen molar-refractivity contribution in [1.29, 1.82) is 0 Å². The average molecular weight is 309 g/mol. The molecule has 0 spiro atoms. The smallest absolute Gasteiger partial charge is 0.358 e. The van der Waals surface area contributed by atoms with E-state index in [0.717, 1.165) is 6.42 Å². The maximum Gasteiger partial charge on any atom is 0.358 e. The first-order valence-corrected chi connectivity index (χ1v) is 6.62. The fourth-order valence-electron chi connectivity index (χ4n) is 1.85. The van der Waals surface area contributed by atoms with Crippen molar-refractivity contribution in [2.45, 2.75) is 19.9 Å². The third-order valence-electron chi connectivity index (χ3n) is 2.69. The highest BCUT2D eigenvalue weighted by molar-refractivity contribution is 6.31. The van der Waals surface area contributed by atoms with Gasteiger partial charge < -0.3 is 15.0 Å². The summed E-state index contributed by atoms with van der Waals surface area (Å²) in [5, 5.41) is 11.9. The molecule has 0 aliphatic heterocycles. The van der Waals surface area contributed by atoms with E-state index in [1.54, 1.807) is 10.8 Å². The molecule has 2 heterocycles. The standard InChI is InChI=1S/C13H13ClN4O3/c1-2-5-18-7-8(14)6-9(18)12(19)17-11-10(13(20)21)15-3-4-16-11/h3-4,6-7H,2,5H2,1H3,(H,20,21)(H,16,17,19). The maximum atomic E-state index is 12.2. The van der Waals surface area contributed by atoms with Crippen molar-refractivity contribution in [3.8, 4) is 0 Å². The normalized spacial score (nSPS) is 10.4. The van der Waals surface area contributed by atoms with Crippen LogP contribution in [-0.2, 0) is 6.54 Å². The van der Waals surface area contributed by atoms with Crippen molar-refractivity contribution < 1.29 is 14.7 Å². The predicted molar refractivity (Wildman–Crippen MR) is 76.7 cm³/mol. The second-order valence-electron chi connectivity index (χ2n) is 4.25. The van der Waals surface area contributed by atoms with Gasteiger partial charge in [-0.2, -0.15) is 0 Å². The van der Waals surface area contributed by atoms with Crippen LogP contribution in [0.4, 0.5) is 5.82 Å². The van der Waals surface area contributed by atoms with Crippen LogP contribution >= 0.6 is 11.6 Å². The third kappa shape index (κ3) is 3.38. The van der Waals surface area contributed by atoms with Gasteiger partial charge in [0.05, 0.1) is 5.02 Å². The summed E-state index contributed by atoms with van der Waals surface area (Å²) in [5.41, 5.74) is 0.0226. The number of hydrogen-bond donors (Lipinski definition) is 2. The molecule has 0 bridgehead atoms. The molecule has 2 rings (SSSR count). The van der Waals surface area contributed by atoms with E-state index < -0.39 is 11.9 Å². The fourth-order valence-corrected chi connectivity index (χ4v) is 2.07. The molecule has 0 aromatic carbocycles. The zero-order chi connectivity index (χ0) is 15.4. The largest absolute Gasteiger partial charge is 0.476 e. The van der Waals surface area contributed by atoms with E-state index >= 15 is 0 Å². The van der Waals surface area contributed by atoms with Crippen molar-refractivity contribution in [2.24, 2.45) is 0 Å². The van der Waals surface area contributed by atoms with Crippen LogP contribution in [-0.4, -0.2) is 31.5 Å². The fraction of sp³-hybridized carbons (Fsp3) is 0.231. The molecule has 0 fully saturated rings. The summed E-state index contributed by atoms with van der Waals surface area (Å²) in [7, 11) is 0. The predicted octanol–water partition coefficient (Wildman–Crippen LogP) is 2.29. The van der Waals surface area contributed by atoms with Gasteiger partial charge in [0.15, 0.2) is 11.5 Å². The molecule has 110 valence electrons. The van der Waals surface area contributed by atoms with Crippen LogP contribution in [0.1, 0.15) is 34.3 Å². The highest BCUT2D eigenvalue weighted by Gasteiger charge is 2.18. The summed E-state index contributed by atoms with van der Waals surface area (Å²) in [5.74, 6) is -1.85. The minimum atomic E-state index is -1.26. The van der Waals surface area contributed by atoms with E-state index in [2.05, 4.69) is 15.3 Å². The Kier molecular flexibility index (Phi) is 4.54. The van der Waals surface area contributed by atoms with Crippen molar-refractivity contribution in [2.75, 3.05) is 5.32 Å². The summed E-state index contributed by atoms with van der Waals surface area (Å²) in [4.78, 5) is 30.8.